The van der Waals surface area contributed by atoms with Gasteiger partial charge in [-0.3, -0.25) is 4.79 Å². The molecule has 32 heavy (non-hydrogen) atoms. The summed E-state index contributed by atoms with van der Waals surface area (Å²) in [6.07, 6.45) is 4.06. The molecule has 0 aliphatic heterocycles. The summed E-state index contributed by atoms with van der Waals surface area (Å²) in [5.74, 6) is 0.949. The van der Waals surface area contributed by atoms with E-state index in [0.717, 1.165) is 11.1 Å². The topological polar surface area (TPSA) is 154 Å². The Morgan fingerprint density at radius 2 is 2.00 bits per heavy atom. The monoisotopic (exact) mass is 430 g/mol. The lowest BCUT2D eigenvalue weighted by molar-refractivity contribution is -0.135. The van der Waals surface area contributed by atoms with Gasteiger partial charge in [0.15, 0.2) is 0 Å². The second kappa shape index (κ2) is 8.76. The lowest BCUT2D eigenvalue weighted by Gasteiger charge is -2.23. The number of carbonyl (C=O) groups is 1. The summed E-state index contributed by atoms with van der Waals surface area (Å²) in [5.41, 5.74) is 15.3. The Bertz CT molecular complexity index is 1220. The molecule has 162 valence electrons. The van der Waals surface area contributed by atoms with Crippen LogP contribution in [0.1, 0.15) is 16.7 Å². The van der Waals surface area contributed by atoms with Crippen LogP contribution in [0.4, 0.5) is 23.1 Å². The maximum atomic E-state index is 12.9. The molecular formula is C23H24N7O2+. The number of methoxy groups -OCH3 is 1. The van der Waals surface area contributed by atoms with Gasteiger partial charge in [-0.25, -0.2) is 10.4 Å². The largest absolute Gasteiger partial charge is 0.496 e. The van der Waals surface area contributed by atoms with Gasteiger partial charge in [0.1, 0.15) is 11.6 Å². The van der Waals surface area contributed by atoms with E-state index in [0.29, 0.717) is 34.9 Å². The number of hydrogen-bond donors (Lipinski definition) is 5. The number of benzene rings is 2. The predicted molar refractivity (Wildman–Crippen MR) is 124 cm³/mol. The quantitative estimate of drug-likeness (QED) is 0.284. The van der Waals surface area contributed by atoms with Crippen molar-refractivity contribution in [1.82, 2.24) is 15.3 Å². The van der Waals surface area contributed by atoms with Crippen molar-refractivity contribution in [1.29, 1.82) is 0 Å². The van der Waals surface area contributed by atoms with Crippen LogP contribution in [0.3, 0.4) is 0 Å². The van der Waals surface area contributed by atoms with E-state index in [2.05, 4.69) is 20.6 Å². The Balaban J connectivity index is 1.51. The number of nitrogens with zero attached hydrogens (tertiary/aromatic N) is 2. The average molecular weight is 430 g/mol. The molecule has 0 saturated heterocycles. The Morgan fingerprint density at radius 1 is 1.19 bits per heavy atom. The molecule has 1 aromatic heterocycles. The first-order valence-electron chi connectivity index (χ1n) is 9.97. The van der Waals surface area contributed by atoms with Crippen LogP contribution in [0.2, 0.25) is 0 Å². The van der Waals surface area contributed by atoms with Crippen molar-refractivity contribution in [3.63, 3.8) is 0 Å². The first kappa shape index (κ1) is 20.9. The van der Waals surface area contributed by atoms with Gasteiger partial charge in [0.05, 0.1) is 18.7 Å². The van der Waals surface area contributed by atoms with Crippen molar-refractivity contribution in [2.45, 2.75) is 12.5 Å². The molecule has 0 radical (unpaired) electrons. The summed E-state index contributed by atoms with van der Waals surface area (Å²) >= 11 is 0. The van der Waals surface area contributed by atoms with E-state index < -0.39 is 5.91 Å². The van der Waals surface area contributed by atoms with Crippen molar-refractivity contribution >= 4 is 40.5 Å². The van der Waals surface area contributed by atoms with Crippen molar-refractivity contribution in [2.75, 3.05) is 23.9 Å². The van der Waals surface area contributed by atoms with Gasteiger partial charge in [-0.1, -0.05) is 24.3 Å². The first-order valence-corrected chi connectivity index (χ1v) is 9.97. The van der Waals surface area contributed by atoms with Gasteiger partial charge in [0, 0.05) is 23.1 Å². The molecule has 0 spiro atoms. The van der Waals surface area contributed by atoms with Crippen LogP contribution in [0.25, 0.3) is 5.76 Å². The van der Waals surface area contributed by atoms with E-state index in [1.807, 2.05) is 30.3 Å². The van der Waals surface area contributed by atoms with Crippen LogP contribution in [0.5, 0.6) is 0 Å². The van der Waals surface area contributed by atoms with E-state index in [1.165, 1.54) is 0 Å². The minimum atomic E-state index is -0.420. The summed E-state index contributed by atoms with van der Waals surface area (Å²) in [7, 11) is 1.61. The zero-order valence-corrected chi connectivity index (χ0v) is 17.5. The van der Waals surface area contributed by atoms with Crippen LogP contribution >= 0.6 is 0 Å². The third-order valence-corrected chi connectivity index (χ3v) is 5.15. The average Bonchev–Trinajstić information content (AvgIpc) is 2.79. The predicted octanol–water partition coefficient (Wildman–Crippen LogP) is 0.661. The Kier molecular flexibility index (Phi) is 5.71. The van der Waals surface area contributed by atoms with Crippen LogP contribution in [-0.4, -0.2) is 34.7 Å². The zero-order chi connectivity index (χ0) is 22.7. The molecule has 9 nitrogen and oxygen atoms in total. The minimum Gasteiger partial charge on any atom is -0.496 e. The molecule has 3 aromatic rings. The lowest BCUT2D eigenvalue weighted by atomic mass is 9.92. The summed E-state index contributed by atoms with van der Waals surface area (Å²) in [5, 5.41) is 12.3. The van der Waals surface area contributed by atoms with Crippen molar-refractivity contribution in [2.24, 2.45) is 0 Å². The SMILES string of the molecule is COC1=CC(NC(=O)C(=[NH2+])c2cc(Nc3ccnc(N)n3)ccc2N)Cc2ccccc21. The highest BCUT2D eigenvalue weighted by molar-refractivity contribution is 6.44. The maximum absolute atomic E-state index is 12.9. The van der Waals surface area contributed by atoms with Gasteiger partial charge >= 0.3 is 5.91 Å². The van der Waals surface area contributed by atoms with E-state index >= 15 is 0 Å². The first-order chi connectivity index (χ1) is 15.4. The molecule has 1 heterocycles. The molecule has 4 rings (SSSR count). The Labute approximate surface area is 185 Å². The second-order valence-corrected chi connectivity index (χ2v) is 7.32. The highest BCUT2D eigenvalue weighted by Gasteiger charge is 2.26. The van der Waals surface area contributed by atoms with Crippen molar-refractivity contribution in [3.05, 3.63) is 77.5 Å². The van der Waals surface area contributed by atoms with Gasteiger partial charge in [0.2, 0.25) is 5.95 Å². The molecule has 1 amide bonds. The fourth-order valence-corrected chi connectivity index (χ4v) is 3.60. The van der Waals surface area contributed by atoms with E-state index in [-0.39, 0.29) is 17.7 Å². The third kappa shape index (κ3) is 4.36. The number of anilines is 4. The van der Waals surface area contributed by atoms with Crippen molar-refractivity contribution in [3.8, 4) is 0 Å². The molecule has 2 aromatic carbocycles. The standard InChI is InChI=1S/C23H23N7O2/c1-32-19-12-15(10-13-4-2-3-5-16(13)19)29-22(31)21(25)17-11-14(6-7-18(17)24)28-20-8-9-27-23(26)30-20/h2-9,11-12,15,25H,10,24H2,1H3,(H,29,31)(H3,26,27,28,30)/p+1. The maximum Gasteiger partial charge on any atom is 0.316 e. The molecule has 8 N–H and O–H groups in total. The highest BCUT2D eigenvalue weighted by Crippen LogP contribution is 2.27. The van der Waals surface area contributed by atoms with E-state index in [4.69, 9.17) is 21.6 Å². The number of carbonyl (C=O) groups excluding carboxylic acids is 1. The van der Waals surface area contributed by atoms with Crippen LogP contribution in [0, 0.1) is 0 Å². The van der Waals surface area contributed by atoms with Crippen LogP contribution in [-0.2, 0) is 16.0 Å². The molecule has 0 fully saturated rings. The normalized spacial score (nSPS) is 14.7. The van der Waals surface area contributed by atoms with Gasteiger partial charge in [0.25, 0.3) is 5.71 Å². The van der Waals surface area contributed by atoms with Crippen LogP contribution in [0.15, 0.2) is 60.8 Å². The summed E-state index contributed by atoms with van der Waals surface area (Å²) in [4.78, 5) is 20.9. The number of ether oxygens (including phenoxy) is 1. The molecule has 9 heteroatoms. The van der Waals surface area contributed by atoms with Gasteiger partial charge in [-0.05, 0) is 42.3 Å². The molecule has 1 atom stereocenters. The van der Waals surface area contributed by atoms with E-state index in [9.17, 15) is 4.79 Å². The number of rotatable bonds is 6. The van der Waals surface area contributed by atoms with Gasteiger partial charge < -0.3 is 26.8 Å². The number of amides is 1. The number of nitrogens with one attached hydrogen (secondary N) is 2. The van der Waals surface area contributed by atoms with E-state index in [1.54, 1.807) is 37.6 Å². The molecule has 1 aliphatic rings. The molecule has 1 unspecified atom stereocenters. The smallest absolute Gasteiger partial charge is 0.316 e. The lowest BCUT2D eigenvalue weighted by Crippen LogP contribution is -2.53. The highest BCUT2D eigenvalue weighted by atomic mass is 16.5. The zero-order valence-electron chi connectivity index (χ0n) is 17.5. The van der Waals surface area contributed by atoms with Crippen LogP contribution < -0.4 is 27.5 Å². The summed E-state index contributed by atoms with van der Waals surface area (Å²) in [6, 6.07) is 14.4. The Morgan fingerprint density at radius 3 is 2.78 bits per heavy atom. The molecule has 0 bridgehead atoms. The Hall–Kier alpha value is -4.40. The summed E-state index contributed by atoms with van der Waals surface area (Å²) < 4.78 is 5.50. The third-order valence-electron chi connectivity index (χ3n) is 5.15. The second-order valence-electron chi connectivity index (χ2n) is 7.32. The number of hydrogen-bond acceptors (Lipinski definition) is 7. The van der Waals surface area contributed by atoms with Gasteiger partial charge in [-0.15, -0.1) is 0 Å². The molecular weight excluding hydrogens is 406 g/mol. The molecule has 1 aliphatic carbocycles. The number of nitrogens with two attached hydrogens (primary N) is 3. The minimum absolute atomic E-state index is 0.0135. The number of fused-ring (bicyclic) bond motifs is 1. The van der Waals surface area contributed by atoms with Gasteiger partial charge in [-0.2, -0.15) is 4.98 Å². The number of nitrogen functional groups attached to an aromatic ring is 2. The fraction of sp³-hybridized carbons (Fsp3) is 0.130. The fourth-order valence-electron chi connectivity index (χ4n) is 3.60. The number of aromatic nitrogens is 2. The molecule has 0 saturated carbocycles. The van der Waals surface area contributed by atoms with Crippen molar-refractivity contribution < 1.29 is 14.9 Å². The summed E-state index contributed by atoms with van der Waals surface area (Å²) in [6.45, 7) is 0.